The average Bonchev–Trinajstić information content (AvgIpc) is 3.23. The topological polar surface area (TPSA) is 110 Å². The zero-order valence-electron chi connectivity index (χ0n) is 38.3. The third-order valence-electron chi connectivity index (χ3n) is 11.5. The summed E-state index contributed by atoms with van der Waals surface area (Å²) in [5, 5.41) is 43.5. The summed E-state index contributed by atoms with van der Waals surface area (Å²) in [4.78, 5) is 12.4. The highest BCUT2D eigenvalue weighted by Gasteiger charge is 2.28. The number of aliphatic hydroxyl groups is 4. The summed E-state index contributed by atoms with van der Waals surface area (Å²) in [5.41, 5.74) is 0. The Labute approximate surface area is 359 Å². The van der Waals surface area contributed by atoms with Crippen LogP contribution in [0.4, 0.5) is 0 Å². The van der Waals surface area contributed by atoms with E-state index in [9.17, 15) is 25.2 Å². The Balaban J connectivity index is 3.71. The van der Waals surface area contributed by atoms with Crippen LogP contribution in [-0.2, 0) is 4.79 Å². The Morgan fingerprint density at radius 1 is 0.448 bits per heavy atom. The van der Waals surface area contributed by atoms with E-state index in [2.05, 4.69) is 55.6 Å². The van der Waals surface area contributed by atoms with Crippen LogP contribution in [0.5, 0.6) is 0 Å². The first-order chi connectivity index (χ1) is 28.5. The highest BCUT2D eigenvalue weighted by Crippen LogP contribution is 2.16. The van der Waals surface area contributed by atoms with E-state index in [4.69, 9.17) is 0 Å². The Kier molecular flexibility index (Phi) is 45.0. The van der Waals surface area contributed by atoms with Crippen molar-refractivity contribution in [2.45, 2.75) is 269 Å². The third kappa shape index (κ3) is 39.7. The summed E-state index contributed by atoms with van der Waals surface area (Å²) in [6, 6.07) is -1.04. The summed E-state index contributed by atoms with van der Waals surface area (Å²) in [6.07, 6.45) is 57.7. The van der Waals surface area contributed by atoms with Crippen LogP contribution in [0.2, 0.25) is 0 Å². The van der Waals surface area contributed by atoms with E-state index < -0.39 is 36.9 Å². The summed E-state index contributed by atoms with van der Waals surface area (Å²) >= 11 is 0. The van der Waals surface area contributed by atoms with E-state index in [-0.39, 0.29) is 6.42 Å². The molecule has 58 heavy (non-hydrogen) atoms. The van der Waals surface area contributed by atoms with Crippen LogP contribution in [0.3, 0.4) is 0 Å². The van der Waals surface area contributed by atoms with Crippen LogP contribution < -0.4 is 5.32 Å². The van der Waals surface area contributed by atoms with Gasteiger partial charge in [0.15, 0.2) is 0 Å². The number of nitrogens with one attached hydrogen (secondary N) is 1. The predicted octanol–water partition coefficient (Wildman–Crippen LogP) is 13.9. The number of unbranched alkanes of at least 4 members (excludes halogenated alkanes) is 29. The number of hydrogen-bond donors (Lipinski definition) is 5. The van der Waals surface area contributed by atoms with Gasteiger partial charge in [-0.25, -0.2) is 0 Å². The molecule has 0 aliphatic rings. The second-order valence-electron chi connectivity index (χ2n) is 17.2. The van der Waals surface area contributed by atoms with Crippen molar-refractivity contribution in [1.82, 2.24) is 5.32 Å². The Bertz CT molecular complexity index is 961. The van der Waals surface area contributed by atoms with E-state index in [1.807, 2.05) is 6.08 Å². The van der Waals surface area contributed by atoms with Crippen LogP contribution in [0.15, 0.2) is 48.6 Å². The molecule has 340 valence electrons. The molecule has 0 aromatic carbocycles. The van der Waals surface area contributed by atoms with Crippen molar-refractivity contribution in [3.05, 3.63) is 48.6 Å². The SMILES string of the molecule is CCCCCCCC/C=C\C/C=C\CC(O)C(=O)NC(CO)C(O)C(O)CCC/C=C/CC/C=C/CCCCCCCCCCCCCCCCCCCCCCC. The van der Waals surface area contributed by atoms with Gasteiger partial charge in [0.2, 0.25) is 5.91 Å². The van der Waals surface area contributed by atoms with E-state index in [0.717, 1.165) is 32.1 Å². The molecule has 0 saturated carbocycles. The number of amides is 1. The lowest BCUT2D eigenvalue weighted by Crippen LogP contribution is -2.52. The van der Waals surface area contributed by atoms with E-state index in [1.54, 1.807) is 6.08 Å². The highest BCUT2D eigenvalue weighted by atomic mass is 16.3. The number of aliphatic hydroxyl groups excluding tert-OH is 4. The molecular formula is C52H97NO5. The van der Waals surface area contributed by atoms with Gasteiger partial charge in [-0.3, -0.25) is 4.79 Å². The fraction of sp³-hybridized carbons (Fsp3) is 0.827. The number of carbonyl (C=O) groups is 1. The van der Waals surface area contributed by atoms with Crippen molar-refractivity contribution >= 4 is 5.91 Å². The zero-order chi connectivity index (χ0) is 42.4. The standard InChI is InChI=1S/C52H97NO5/c1-3-5-7-9-11-13-15-17-18-19-20-21-22-23-24-25-26-27-28-29-30-31-32-33-34-36-37-39-41-43-45-49(55)51(57)48(47-54)53-52(58)50(56)46-44-42-40-38-35-16-14-12-10-8-6-4-2/h32-33,35,37-39,42,44,48-51,54-57H,3-31,34,36,40-41,43,45-47H2,1-2H3,(H,53,58)/b33-32+,38-35-,39-37+,44-42-. The molecule has 0 aromatic heterocycles. The van der Waals surface area contributed by atoms with Crippen LogP contribution in [0, 0.1) is 0 Å². The molecule has 0 bridgehead atoms. The van der Waals surface area contributed by atoms with Gasteiger partial charge < -0.3 is 25.7 Å². The second-order valence-corrected chi connectivity index (χ2v) is 17.2. The molecule has 0 fully saturated rings. The van der Waals surface area contributed by atoms with Crippen LogP contribution in [0.25, 0.3) is 0 Å². The van der Waals surface area contributed by atoms with Crippen molar-refractivity contribution in [2.75, 3.05) is 6.61 Å². The van der Waals surface area contributed by atoms with Crippen LogP contribution in [-0.4, -0.2) is 57.3 Å². The highest BCUT2D eigenvalue weighted by molar-refractivity contribution is 5.81. The summed E-state index contributed by atoms with van der Waals surface area (Å²) in [6.45, 7) is 4.00. The number of carbonyl (C=O) groups excluding carboxylic acids is 1. The summed E-state index contributed by atoms with van der Waals surface area (Å²) in [5.74, 6) is -0.665. The molecule has 4 atom stereocenters. The van der Waals surface area contributed by atoms with Gasteiger partial charge in [0.1, 0.15) is 12.2 Å². The monoisotopic (exact) mass is 816 g/mol. The Morgan fingerprint density at radius 3 is 1.21 bits per heavy atom. The van der Waals surface area contributed by atoms with Crippen molar-refractivity contribution < 1.29 is 25.2 Å². The van der Waals surface area contributed by atoms with Crippen LogP contribution >= 0.6 is 0 Å². The van der Waals surface area contributed by atoms with Gasteiger partial charge in [0, 0.05) is 6.42 Å². The molecule has 0 saturated heterocycles. The maximum atomic E-state index is 12.4. The first-order valence-electron chi connectivity index (χ1n) is 25.0. The molecule has 6 nitrogen and oxygen atoms in total. The molecule has 0 radical (unpaired) electrons. The molecule has 5 N–H and O–H groups in total. The maximum absolute atomic E-state index is 12.4. The van der Waals surface area contributed by atoms with Gasteiger partial charge in [0.25, 0.3) is 0 Å². The van der Waals surface area contributed by atoms with Gasteiger partial charge in [-0.15, -0.1) is 0 Å². The molecule has 0 aliphatic carbocycles. The molecule has 0 heterocycles. The largest absolute Gasteiger partial charge is 0.394 e. The van der Waals surface area contributed by atoms with Gasteiger partial charge >= 0.3 is 0 Å². The van der Waals surface area contributed by atoms with E-state index in [1.165, 1.54) is 180 Å². The van der Waals surface area contributed by atoms with Crippen LogP contribution in [0.1, 0.15) is 245 Å². The lowest BCUT2D eigenvalue weighted by molar-refractivity contribution is -0.132. The number of hydrogen-bond acceptors (Lipinski definition) is 5. The van der Waals surface area contributed by atoms with Gasteiger partial charge in [-0.2, -0.15) is 0 Å². The van der Waals surface area contributed by atoms with Crippen molar-refractivity contribution in [3.63, 3.8) is 0 Å². The molecule has 6 heteroatoms. The fourth-order valence-electron chi connectivity index (χ4n) is 7.52. The second kappa shape index (κ2) is 46.3. The predicted molar refractivity (Wildman–Crippen MR) is 251 cm³/mol. The molecule has 0 rings (SSSR count). The molecule has 0 aliphatic heterocycles. The lowest BCUT2D eigenvalue weighted by atomic mass is 10.0. The first-order valence-corrected chi connectivity index (χ1v) is 25.0. The van der Waals surface area contributed by atoms with E-state index >= 15 is 0 Å². The summed E-state index contributed by atoms with van der Waals surface area (Å²) < 4.78 is 0. The maximum Gasteiger partial charge on any atom is 0.249 e. The Hall–Kier alpha value is -1.73. The van der Waals surface area contributed by atoms with Crippen molar-refractivity contribution in [1.29, 1.82) is 0 Å². The smallest absolute Gasteiger partial charge is 0.249 e. The van der Waals surface area contributed by atoms with Crippen molar-refractivity contribution in [3.8, 4) is 0 Å². The Morgan fingerprint density at radius 2 is 0.793 bits per heavy atom. The molecular weight excluding hydrogens is 719 g/mol. The fourth-order valence-corrected chi connectivity index (χ4v) is 7.52. The first kappa shape index (κ1) is 56.3. The molecule has 0 spiro atoms. The quantitative estimate of drug-likeness (QED) is 0.0311. The zero-order valence-corrected chi connectivity index (χ0v) is 38.3. The normalized spacial score (nSPS) is 14.4. The molecule has 0 aromatic rings. The van der Waals surface area contributed by atoms with Gasteiger partial charge in [-0.1, -0.05) is 223 Å². The van der Waals surface area contributed by atoms with E-state index in [0.29, 0.717) is 12.8 Å². The van der Waals surface area contributed by atoms with Gasteiger partial charge in [0.05, 0.1) is 18.8 Å². The summed E-state index contributed by atoms with van der Waals surface area (Å²) in [7, 11) is 0. The lowest BCUT2D eigenvalue weighted by Gasteiger charge is -2.27. The average molecular weight is 816 g/mol. The van der Waals surface area contributed by atoms with Gasteiger partial charge in [-0.05, 0) is 64.2 Å². The minimum atomic E-state index is -1.31. The molecule has 1 amide bonds. The molecule has 4 unspecified atom stereocenters. The minimum absolute atomic E-state index is 0.149. The minimum Gasteiger partial charge on any atom is -0.394 e. The third-order valence-corrected chi connectivity index (χ3v) is 11.5. The number of allylic oxidation sites excluding steroid dienone is 7. The van der Waals surface area contributed by atoms with Crippen molar-refractivity contribution in [2.24, 2.45) is 0 Å². The number of rotatable bonds is 45.